The van der Waals surface area contributed by atoms with Gasteiger partial charge in [-0.3, -0.25) is 9.67 Å². The molecule has 0 amide bonds. The van der Waals surface area contributed by atoms with E-state index in [1.807, 2.05) is 24.5 Å². The Morgan fingerprint density at radius 3 is 2.42 bits per heavy atom. The van der Waals surface area contributed by atoms with E-state index in [4.69, 9.17) is 0 Å². The first-order chi connectivity index (χ1) is 5.79. The number of hydrogen-bond acceptors (Lipinski definition) is 3. The number of H-pyrrole nitrogens is 1. The maximum atomic E-state index is 4.04. The lowest BCUT2D eigenvalue weighted by Crippen LogP contribution is -1.99. The molecule has 5 heteroatoms. The van der Waals surface area contributed by atoms with E-state index in [1.54, 1.807) is 6.20 Å². The lowest BCUT2D eigenvalue weighted by atomic mass is 10.5. The molecule has 0 bridgehead atoms. The Morgan fingerprint density at radius 1 is 1.25 bits per heavy atom. The molecule has 62 valence electrons. The standard InChI is InChI=1S/C7H9N5/c1-5-9-10-6(2)12(5)7-3-4-8-11-7/h3-4H,1-2H3,(H,8,11). The van der Waals surface area contributed by atoms with Gasteiger partial charge in [0.25, 0.3) is 0 Å². The van der Waals surface area contributed by atoms with Gasteiger partial charge in [0.1, 0.15) is 11.6 Å². The number of nitrogens with one attached hydrogen (secondary N) is 1. The molecule has 0 aliphatic heterocycles. The summed E-state index contributed by atoms with van der Waals surface area (Å²) < 4.78 is 1.89. The first kappa shape index (κ1) is 7.02. The number of aromatic nitrogens is 5. The second-order valence-corrected chi connectivity index (χ2v) is 2.56. The molecule has 0 fully saturated rings. The average Bonchev–Trinajstić information content (AvgIpc) is 2.61. The van der Waals surface area contributed by atoms with Crippen molar-refractivity contribution in [2.45, 2.75) is 13.8 Å². The van der Waals surface area contributed by atoms with Crippen LogP contribution in [0.1, 0.15) is 11.6 Å². The summed E-state index contributed by atoms with van der Waals surface area (Å²) in [5, 5.41) is 14.6. The zero-order valence-electron chi connectivity index (χ0n) is 6.94. The van der Waals surface area contributed by atoms with Gasteiger partial charge >= 0.3 is 0 Å². The first-order valence-electron chi connectivity index (χ1n) is 3.68. The normalized spacial score (nSPS) is 10.5. The van der Waals surface area contributed by atoms with E-state index < -0.39 is 0 Å². The smallest absolute Gasteiger partial charge is 0.161 e. The molecule has 0 saturated heterocycles. The molecule has 0 spiro atoms. The Kier molecular flexibility index (Phi) is 1.43. The molecule has 0 atom stereocenters. The van der Waals surface area contributed by atoms with E-state index in [1.165, 1.54) is 0 Å². The molecule has 0 aliphatic carbocycles. The minimum atomic E-state index is 0.829. The highest BCUT2D eigenvalue weighted by atomic mass is 15.3. The lowest BCUT2D eigenvalue weighted by molar-refractivity contribution is 0.883. The van der Waals surface area contributed by atoms with Crippen LogP contribution in [0.2, 0.25) is 0 Å². The molecule has 0 radical (unpaired) electrons. The first-order valence-corrected chi connectivity index (χ1v) is 3.68. The summed E-state index contributed by atoms with van der Waals surface area (Å²) in [6.07, 6.45) is 1.77. The van der Waals surface area contributed by atoms with Crippen LogP contribution in [0.4, 0.5) is 0 Å². The summed E-state index contributed by atoms with van der Waals surface area (Å²) in [4.78, 5) is 0. The van der Waals surface area contributed by atoms with Crippen LogP contribution >= 0.6 is 0 Å². The van der Waals surface area contributed by atoms with Gasteiger partial charge in [0.05, 0.1) is 0 Å². The molecule has 5 nitrogen and oxygen atoms in total. The predicted octanol–water partition coefficient (Wildman–Crippen LogP) is 0.607. The van der Waals surface area contributed by atoms with Gasteiger partial charge in [0.2, 0.25) is 0 Å². The fraction of sp³-hybridized carbons (Fsp3) is 0.286. The second-order valence-electron chi connectivity index (χ2n) is 2.56. The van der Waals surface area contributed by atoms with Crippen LogP contribution in [-0.4, -0.2) is 25.0 Å². The van der Waals surface area contributed by atoms with Gasteiger partial charge in [0.15, 0.2) is 5.82 Å². The Morgan fingerprint density at radius 2 is 1.92 bits per heavy atom. The molecule has 2 aromatic rings. The van der Waals surface area contributed by atoms with Gasteiger partial charge < -0.3 is 0 Å². The minimum absolute atomic E-state index is 0.829. The zero-order chi connectivity index (χ0) is 8.55. The van der Waals surface area contributed by atoms with Crippen LogP contribution in [0.25, 0.3) is 5.82 Å². The maximum absolute atomic E-state index is 4.04. The quantitative estimate of drug-likeness (QED) is 0.670. The third-order valence-corrected chi connectivity index (χ3v) is 1.70. The number of aryl methyl sites for hydroxylation is 2. The van der Waals surface area contributed by atoms with Crippen LogP contribution in [0.3, 0.4) is 0 Å². The lowest BCUT2D eigenvalue weighted by Gasteiger charge is -1.99. The van der Waals surface area contributed by atoms with Gasteiger partial charge in [-0.2, -0.15) is 5.10 Å². The highest BCUT2D eigenvalue weighted by molar-refractivity contribution is 5.22. The van der Waals surface area contributed by atoms with E-state index in [0.717, 1.165) is 17.5 Å². The van der Waals surface area contributed by atoms with Crippen LogP contribution in [0.5, 0.6) is 0 Å². The third kappa shape index (κ3) is 0.903. The largest absolute Gasteiger partial charge is 0.284 e. The van der Waals surface area contributed by atoms with Crippen molar-refractivity contribution in [3.05, 3.63) is 23.9 Å². The molecule has 12 heavy (non-hydrogen) atoms. The Labute approximate surface area is 69.4 Å². The monoisotopic (exact) mass is 163 g/mol. The van der Waals surface area contributed by atoms with E-state index >= 15 is 0 Å². The van der Waals surface area contributed by atoms with Crippen LogP contribution < -0.4 is 0 Å². The molecule has 0 aliphatic rings. The molecule has 0 saturated carbocycles. The van der Waals surface area contributed by atoms with Crippen LogP contribution in [0.15, 0.2) is 12.3 Å². The van der Waals surface area contributed by atoms with Crippen molar-refractivity contribution in [1.82, 2.24) is 25.0 Å². The minimum Gasteiger partial charge on any atom is -0.284 e. The van der Waals surface area contributed by atoms with Crippen molar-refractivity contribution in [2.75, 3.05) is 0 Å². The van der Waals surface area contributed by atoms with Crippen molar-refractivity contribution in [2.24, 2.45) is 0 Å². The van der Waals surface area contributed by atoms with Crippen LogP contribution in [-0.2, 0) is 0 Å². The third-order valence-electron chi connectivity index (χ3n) is 1.70. The van der Waals surface area contributed by atoms with Gasteiger partial charge in [0, 0.05) is 12.3 Å². The summed E-state index contributed by atoms with van der Waals surface area (Å²) in [5.74, 6) is 2.52. The fourth-order valence-corrected chi connectivity index (χ4v) is 1.18. The average molecular weight is 163 g/mol. The Balaban J connectivity index is 2.60. The summed E-state index contributed by atoms with van der Waals surface area (Å²) >= 11 is 0. The topological polar surface area (TPSA) is 59.4 Å². The summed E-state index contributed by atoms with van der Waals surface area (Å²) in [6.45, 7) is 3.80. The molecule has 2 rings (SSSR count). The van der Waals surface area contributed by atoms with Crippen molar-refractivity contribution >= 4 is 0 Å². The van der Waals surface area contributed by atoms with Gasteiger partial charge in [-0.1, -0.05) is 0 Å². The fourth-order valence-electron chi connectivity index (χ4n) is 1.18. The Bertz CT molecular complexity index is 353. The predicted molar refractivity (Wildman–Crippen MR) is 43.0 cm³/mol. The summed E-state index contributed by atoms with van der Waals surface area (Å²) in [5.41, 5.74) is 0. The second kappa shape index (κ2) is 2.44. The van der Waals surface area contributed by atoms with E-state index in [9.17, 15) is 0 Å². The number of rotatable bonds is 1. The van der Waals surface area contributed by atoms with Crippen molar-refractivity contribution in [3.63, 3.8) is 0 Å². The SMILES string of the molecule is Cc1nnc(C)n1-c1cc[nH]n1. The number of aromatic amines is 1. The molecule has 0 aromatic carbocycles. The molecular weight excluding hydrogens is 154 g/mol. The van der Waals surface area contributed by atoms with E-state index in [0.29, 0.717) is 0 Å². The van der Waals surface area contributed by atoms with Crippen molar-refractivity contribution in [3.8, 4) is 5.82 Å². The highest BCUT2D eigenvalue weighted by Crippen LogP contribution is 2.07. The van der Waals surface area contributed by atoms with Gasteiger partial charge in [-0.25, -0.2) is 0 Å². The zero-order valence-corrected chi connectivity index (χ0v) is 6.94. The molecule has 2 heterocycles. The highest BCUT2D eigenvalue weighted by Gasteiger charge is 2.06. The van der Waals surface area contributed by atoms with Crippen molar-refractivity contribution < 1.29 is 0 Å². The van der Waals surface area contributed by atoms with Gasteiger partial charge in [-0.05, 0) is 13.8 Å². The summed E-state index contributed by atoms with van der Waals surface area (Å²) in [6, 6.07) is 1.88. The summed E-state index contributed by atoms with van der Waals surface area (Å²) in [7, 11) is 0. The Hall–Kier alpha value is -1.65. The molecule has 1 N–H and O–H groups in total. The maximum Gasteiger partial charge on any atom is 0.161 e. The van der Waals surface area contributed by atoms with E-state index in [2.05, 4.69) is 20.4 Å². The molecule has 2 aromatic heterocycles. The van der Waals surface area contributed by atoms with E-state index in [-0.39, 0.29) is 0 Å². The van der Waals surface area contributed by atoms with Gasteiger partial charge in [-0.15, -0.1) is 10.2 Å². The number of hydrogen-bond donors (Lipinski definition) is 1. The number of nitrogens with zero attached hydrogens (tertiary/aromatic N) is 4. The molecule has 0 unspecified atom stereocenters. The van der Waals surface area contributed by atoms with Crippen molar-refractivity contribution in [1.29, 1.82) is 0 Å². The van der Waals surface area contributed by atoms with Crippen LogP contribution in [0, 0.1) is 13.8 Å². The molecular formula is C7H9N5.